The van der Waals surface area contributed by atoms with E-state index in [-0.39, 0.29) is 18.6 Å². The molecule has 0 saturated heterocycles. The maximum Gasteiger partial charge on any atom is 0.256 e. The number of nitrogens with zero attached hydrogens (tertiary/aromatic N) is 1. The highest BCUT2D eigenvalue weighted by molar-refractivity contribution is 5.98. The molecule has 0 aromatic heterocycles. The molecule has 0 bridgehead atoms. The molecule has 1 amide bonds. The van der Waals surface area contributed by atoms with Crippen molar-refractivity contribution in [3.8, 4) is 0 Å². The highest BCUT2D eigenvalue weighted by atomic mass is 16.5. The van der Waals surface area contributed by atoms with Gasteiger partial charge in [0.2, 0.25) is 0 Å². The predicted molar refractivity (Wildman–Crippen MR) is 69.3 cm³/mol. The fourth-order valence-electron chi connectivity index (χ4n) is 2.26. The molecule has 2 rings (SSSR count). The Morgan fingerprint density at radius 2 is 2.17 bits per heavy atom. The summed E-state index contributed by atoms with van der Waals surface area (Å²) in [5, 5.41) is 9.02. The number of anilines is 1. The van der Waals surface area contributed by atoms with Gasteiger partial charge in [-0.15, -0.1) is 0 Å². The first-order valence-electron chi connectivity index (χ1n) is 6.28. The molecular formula is C14H19NO3. The van der Waals surface area contributed by atoms with Crippen molar-refractivity contribution in [3.63, 3.8) is 0 Å². The molecular weight excluding hydrogens is 230 g/mol. The smallest absolute Gasteiger partial charge is 0.256 e. The maximum atomic E-state index is 12.4. The van der Waals surface area contributed by atoms with E-state index in [0.29, 0.717) is 13.0 Å². The van der Waals surface area contributed by atoms with Gasteiger partial charge in [0.05, 0.1) is 6.61 Å². The molecule has 1 heterocycles. The monoisotopic (exact) mass is 249 g/mol. The molecule has 0 spiro atoms. The Labute approximate surface area is 107 Å². The van der Waals surface area contributed by atoms with Gasteiger partial charge < -0.3 is 14.7 Å². The van der Waals surface area contributed by atoms with E-state index >= 15 is 0 Å². The van der Waals surface area contributed by atoms with Crippen molar-refractivity contribution in [1.29, 1.82) is 0 Å². The second kappa shape index (κ2) is 5.50. The molecule has 98 valence electrons. The van der Waals surface area contributed by atoms with Crippen molar-refractivity contribution in [2.75, 3.05) is 11.5 Å². The van der Waals surface area contributed by atoms with Crippen LogP contribution in [0.3, 0.4) is 0 Å². The van der Waals surface area contributed by atoms with Gasteiger partial charge in [0.1, 0.15) is 6.10 Å². The normalized spacial score (nSPS) is 19.9. The van der Waals surface area contributed by atoms with E-state index in [2.05, 4.69) is 0 Å². The molecule has 1 atom stereocenters. The quantitative estimate of drug-likeness (QED) is 0.887. The Bertz CT molecular complexity index is 431. The minimum absolute atomic E-state index is 0.0430. The van der Waals surface area contributed by atoms with Crippen molar-refractivity contribution in [3.05, 3.63) is 29.8 Å². The van der Waals surface area contributed by atoms with E-state index in [1.165, 1.54) is 0 Å². The zero-order chi connectivity index (χ0) is 13.1. The van der Waals surface area contributed by atoms with Crippen LogP contribution in [0.15, 0.2) is 24.3 Å². The molecule has 4 nitrogen and oxygen atoms in total. The molecule has 18 heavy (non-hydrogen) atoms. The van der Waals surface area contributed by atoms with Crippen LogP contribution in [-0.4, -0.2) is 29.8 Å². The number of aliphatic hydroxyl groups excluding tert-OH is 1. The largest absolute Gasteiger partial charge is 0.396 e. The van der Waals surface area contributed by atoms with Crippen molar-refractivity contribution in [2.24, 2.45) is 0 Å². The van der Waals surface area contributed by atoms with Gasteiger partial charge in [-0.3, -0.25) is 4.79 Å². The van der Waals surface area contributed by atoms with Crippen LogP contribution in [0.4, 0.5) is 5.69 Å². The van der Waals surface area contributed by atoms with Gasteiger partial charge in [-0.2, -0.15) is 0 Å². The molecule has 0 radical (unpaired) electrons. The van der Waals surface area contributed by atoms with Crippen molar-refractivity contribution >= 4 is 11.6 Å². The standard InChI is InChI=1S/C14H19NO3/c1-10(2)15-12-6-4-3-5-11(12)9-18-13(7-8-16)14(15)17/h3-6,10,13,16H,7-9H2,1-2H3. The summed E-state index contributed by atoms with van der Waals surface area (Å²) in [6.45, 7) is 4.33. The third-order valence-electron chi connectivity index (χ3n) is 3.11. The van der Waals surface area contributed by atoms with Gasteiger partial charge in [0.15, 0.2) is 0 Å². The Balaban J connectivity index is 2.39. The average Bonchev–Trinajstić information content (AvgIpc) is 2.48. The van der Waals surface area contributed by atoms with E-state index in [4.69, 9.17) is 9.84 Å². The number of hydrogen-bond donors (Lipinski definition) is 1. The second-order valence-corrected chi connectivity index (χ2v) is 4.74. The van der Waals surface area contributed by atoms with Crippen molar-refractivity contribution in [1.82, 2.24) is 0 Å². The summed E-state index contributed by atoms with van der Waals surface area (Å²) in [7, 11) is 0. The number of para-hydroxylation sites is 1. The minimum Gasteiger partial charge on any atom is -0.396 e. The lowest BCUT2D eigenvalue weighted by atomic mass is 10.1. The molecule has 1 aliphatic heterocycles. The first-order valence-corrected chi connectivity index (χ1v) is 6.28. The number of carbonyl (C=O) groups excluding carboxylic acids is 1. The number of benzene rings is 1. The molecule has 1 aromatic carbocycles. The number of aliphatic hydroxyl groups is 1. The molecule has 1 aliphatic rings. The summed E-state index contributed by atoms with van der Waals surface area (Å²) in [6, 6.07) is 7.85. The minimum atomic E-state index is -0.551. The van der Waals surface area contributed by atoms with Gasteiger partial charge >= 0.3 is 0 Å². The molecule has 0 saturated carbocycles. The molecule has 1 N–H and O–H groups in total. The van der Waals surface area contributed by atoms with E-state index < -0.39 is 6.10 Å². The molecule has 4 heteroatoms. The van der Waals surface area contributed by atoms with Crippen LogP contribution < -0.4 is 4.90 Å². The third-order valence-corrected chi connectivity index (χ3v) is 3.11. The average molecular weight is 249 g/mol. The van der Waals surface area contributed by atoms with E-state index in [9.17, 15) is 4.79 Å². The van der Waals surface area contributed by atoms with Gasteiger partial charge in [-0.1, -0.05) is 18.2 Å². The van der Waals surface area contributed by atoms with Crippen LogP contribution in [0.25, 0.3) is 0 Å². The summed E-state index contributed by atoms with van der Waals surface area (Å²) in [6.07, 6.45) is -0.208. The molecule has 1 unspecified atom stereocenters. The van der Waals surface area contributed by atoms with E-state index in [1.807, 2.05) is 38.1 Å². The fraction of sp³-hybridized carbons (Fsp3) is 0.500. The highest BCUT2D eigenvalue weighted by Gasteiger charge is 2.31. The van der Waals surface area contributed by atoms with Crippen LogP contribution in [-0.2, 0) is 16.1 Å². The second-order valence-electron chi connectivity index (χ2n) is 4.74. The van der Waals surface area contributed by atoms with Crippen molar-refractivity contribution < 1.29 is 14.6 Å². The number of rotatable bonds is 3. The molecule has 1 aromatic rings. The SMILES string of the molecule is CC(C)N1C(=O)C(CCO)OCc2ccccc21. The Morgan fingerprint density at radius 3 is 2.83 bits per heavy atom. The molecule has 0 fully saturated rings. The van der Waals surface area contributed by atoms with Crippen LogP contribution in [0, 0.1) is 0 Å². The van der Waals surface area contributed by atoms with Crippen LogP contribution in [0.2, 0.25) is 0 Å². The lowest BCUT2D eigenvalue weighted by Gasteiger charge is -2.28. The topological polar surface area (TPSA) is 49.8 Å². The lowest BCUT2D eigenvalue weighted by Crippen LogP contribution is -2.43. The number of amides is 1. The fourth-order valence-corrected chi connectivity index (χ4v) is 2.26. The Morgan fingerprint density at radius 1 is 1.44 bits per heavy atom. The lowest BCUT2D eigenvalue weighted by molar-refractivity contribution is -0.131. The van der Waals surface area contributed by atoms with Crippen LogP contribution in [0.5, 0.6) is 0 Å². The van der Waals surface area contributed by atoms with E-state index in [0.717, 1.165) is 11.3 Å². The Hall–Kier alpha value is -1.39. The first kappa shape index (κ1) is 13.1. The van der Waals surface area contributed by atoms with Crippen LogP contribution >= 0.6 is 0 Å². The zero-order valence-corrected chi connectivity index (χ0v) is 10.8. The summed E-state index contributed by atoms with van der Waals surface area (Å²) in [5.74, 6) is -0.0657. The zero-order valence-electron chi connectivity index (χ0n) is 10.8. The number of fused-ring (bicyclic) bond motifs is 1. The number of ether oxygens (including phenoxy) is 1. The highest BCUT2D eigenvalue weighted by Crippen LogP contribution is 2.28. The summed E-state index contributed by atoms with van der Waals surface area (Å²) in [4.78, 5) is 14.2. The Kier molecular flexibility index (Phi) is 3.99. The van der Waals surface area contributed by atoms with Gasteiger partial charge in [0.25, 0.3) is 5.91 Å². The maximum absolute atomic E-state index is 12.4. The third kappa shape index (κ3) is 2.40. The van der Waals surface area contributed by atoms with Crippen LogP contribution in [0.1, 0.15) is 25.8 Å². The molecule has 0 aliphatic carbocycles. The van der Waals surface area contributed by atoms with Crippen molar-refractivity contribution in [2.45, 2.75) is 39.0 Å². The summed E-state index contributed by atoms with van der Waals surface area (Å²) in [5.41, 5.74) is 1.93. The van der Waals surface area contributed by atoms with Gasteiger partial charge in [0, 0.05) is 30.3 Å². The predicted octanol–water partition coefficient (Wildman–Crippen LogP) is 1.71. The van der Waals surface area contributed by atoms with Gasteiger partial charge in [-0.05, 0) is 19.9 Å². The van der Waals surface area contributed by atoms with E-state index in [1.54, 1.807) is 4.90 Å². The first-order chi connectivity index (χ1) is 8.65. The summed E-state index contributed by atoms with van der Waals surface area (Å²) < 4.78 is 5.61. The summed E-state index contributed by atoms with van der Waals surface area (Å²) >= 11 is 0. The van der Waals surface area contributed by atoms with Gasteiger partial charge in [-0.25, -0.2) is 0 Å². The number of hydrogen-bond acceptors (Lipinski definition) is 3. The number of carbonyl (C=O) groups is 1.